The van der Waals surface area contributed by atoms with Crippen LogP contribution in [0.5, 0.6) is 0 Å². The third-order valence-electron chi connectivity index (χ3n) is 1.62. The van der Waals surface area contributed by atoms with Crippen LogP contribution < -0.4 is 0 Å². The Bertz CT molecular complexity index is 508. The highest BCUT2D eigenvalue weighted by atomic mass is 16.1. The zero-order valence-electron chi connectivity index (χ0n) is 6.51. The first-order chi connectivity index (χ1) is 6.35. The molecule has 0 atom stereocenters. The summed E-state index contributed by atoms with van der Waals surface area (Å²) in [4.78, 5) is 14.3. The molecule has 2 heterocycles. The molecule has 2 aromatic heterocycles. The lowest BCUT2D eigenvalue weighted by Crippen LogP contribution is -1.98. The first-order valence-electron chi connectivity index (χ1n) is 3.55. The molecule has 2 aromatic rings. The maximum atomic E-state index is 10.4. The third-order valence-corrected chi connectivity index (χ3v) is 1.62. The summed E-state index contributed by atoms with van der Waals surface area (Å²) in [5.41, 5.74) is 1.16. The van der Waals surface area contributed by atoms with Gasteiger partial charge in [0.05, 0.1) is 6.20 Å². The Morgan fingerprint density at radius 2 is 2.38 bits per heavy atom. The molecule has 2 rings (SSSR count). The van der Waals surface area contributed by atoms with Crippen molar-refractivity contribution in [1.82, 2.24) is 14.6 Å². The van der Waals surface area contributed by atoms with Crippen molar-refractivity contribution in [2.24, 2.45) is 0 Å². The average molecular weight is 172 g/mol. The largest absolute Gasteiger partial charge is 0.296 e. The maximum Gasteiger partial charge on any atom is 0.170 e. The van der Waals surface area contributed by atoms with Gasteiger partial charge >= 0.3 is 0 Å². The predicted octanol–water partition coefficient (Wildman–Crippen LogP) is 0.413. The Labute approximate surface area is 73.2 Å². The van der Waals surface area contributed by atoms with E-state index < -0.39 is 0 Å². The molecule has 0 aliphatic carbocycles. The normalized spacial score (nSPS) is 9.77. The van der Waals surface area contributed by atoms with Gasteiger partial charge in [0.2, 0.25) is 0 Å². The molecule has 0 saturated heterocycles. The van der Waals surface area contributed by atoms with Crippen molar-refractivity contribution in [2.45, 2.75) is 0 Å². The maximum absolute atomic E-state index is 10.4. The van der Waals surface area contributed by atoms with Crippen molar-refractivity contribution in [1.29, 1.82) is 5.26 Å². The molecule has 0 spiro atoms. The van der Waals surface area contributed by atoms with Crippen LogP contribution in [0.2, 0.25) is 0 Å². The Balaban J connectivity index is 2.80. The van der Waals surface area contributed by atoms with E-state index in [1.54, 1.807) is 12.1 Å². The Kier molecular flexibility index (Phi) is 1.53. The van der Waals surface area contributed by atoms with Gasteiger partial charge in [-0.25, -0.2) is 9.50 Å². The highest BCUT2D eigenvalue weighted by Gasteiger charge is 2.03. The fourth-order valence-electron chi connectivity index (χ4n) is 1.03. The third kappa shape index (κ3) is 1.05. The topological polar surface area (TPSA) is 71.0 Å². The first kappa shape index (κ1) is 7.43. The quantitative estimate of drug-likeness (QED) is 0.584. The van der Waals surface area contributed by atoms with E-state index in [-0.39, 0.29) is 5.69 Å². The molecule has 0 unspecified atom stereocenters. The van der Waals surface area contributed by atoms with E-state index in [1.807, 2.05) is 6.07 Å². The standard InChI is InChI=1S/C8H4N4O/c9-3-7-4-10-8-2-1-6(5-13)11-12(7)8/h1-2,4-5H. The van der Waals surface area contributed by atoms with Crippen molar-refractivity contribution in [2.75, 3.05) is 0 Å². The summed E-state index contributed by atoms with van der Waals surface area (Å²) in [6, 6.07) is 5.11. The van der Waals surface area contributed by atoms with Crippen LogP contribution in [0.25, 0.3) is 5.65 Å². The van der Waals surface area contributed by atoms with Gasteiger partial charge in [-0.3, -0.25) is 4.79 Å². The van der Waals surface area contributed by atoms with Gasteiger partial charge in [-0.05, 0) is 12.1 Å². The molecule has 5 nitrogen and oxygen atoms in total. The molecule has 0 N–H and O–H groups in total. The molecule has 0 radical (unpaired) electrons. The molecule has 0 bridgehead atoms. The van der Waals surface area contributed by atoms with Gasteiger partial charge in [0, 0.05) is 0 Å². The van der Waals surface area contributed by atoms with Crippen LogP contribution in [0, 0.1) is 11.3 Å². The number of aldehydes is 1. The van der Waals surface area contributed by atoms with Gasteiger partial charge in [0.25, 0.3) is 0 Å². The second-order valence-electron chi connectivity index (χ2n) is 2.40. The molecule has 0 aliphatic rings. The predicted molar refractivity (Wildman–Crippen MR) is 43.1 cm³/mol. The number of aromatic nitrogens is 3. The number of carbonyl (C=O) groups is 1. The van der Waals surface area contributed by atoms with Crippen LogP contribution in [0.1, 0.15) is 16.2 Å². The number of imidazole rings is 1. The van der Waals surface area contributed by atoms with Gasteiger partial charge in [0.1, 0.15) is 11.8 Å². The Morgan fingerprint density at radius 3 is 3.08 bits per heavy atom. The van der Waals surface area contributed by atoms with E-state index in [0.29, 0.717) is 17.6 Å². The zero-order chi connectivity index (χ0) is 9.26. The van der Waals surface area contributed by atoms with Crippen LogP contribution in [-0.4, -0.2) is 20.9 Å². The fourth-order valence-corrected chi connectivity index (χ4v) is 1.03. The minimum atomic E-state index is 0.280. The summed E-state index contributed by atoms with van der Waals surface area (Å²) in [6.45, 7) is 0. The lowest BCUT2D eigenvalue weighted by atomic mass is 10.4. The van der Waals surface area contributed by atoms with E-state index in [2.05, 4.69) is 10.1 Å². The van der Waals surface area contributed by atoms with Crippen molar-refractivity contribution >= 4 is 11.9 Å². The van der Waals surface area contributed by atoms with Gasteiger partial charge in [0.15, 0.2) is 17.6 Å². The number of carbonyl (C=O) groups excluding carboxylic acids is 1. The highest BCUT2D eigenvalue weighted by Crippen LogP contribution is 2.03. The van der Waals surface area contributed by atoms with Crippen LogP contribution >= 0.6 is 0 Å². The SMILES string of the molecule is N#Cc1cnc2ccc(C=O)nn12. The van der Waals surface area contributed by atoms with Crippen LogP contribution in [0.3, 0.4) is 0 Å². The molecule has 0 fully saturated rings. The number of nitrogens with zero attached hydrogens (tertiary/aromatic N) is 4. The molecule has 0 saturated carbocycles. The minimum Gasteiger partial charge on any atom is -0.296 e. The summed E-state index contributed by atoms with van der Waals surface area (Å²) < 4.78 is 1.34. The molecule has 13 heavy (non-hydrogen) atoms. The lowest BCUT2D eigenvalue weighted by molar-refractivity contribution is 0.111. The summed E-state index contributed by atoms with van der Waals surface area (Å²) >= 11 is 0. The summed E-state index contributed by atoms with van der Waals surface area (Å²) in [7, 11) is 0. The Hall–Kier alpha value is -2.22. The molecule has 5 heteroatoms. The number of hydrogen-bond donors (Lipinski definition) is 0. The minimum absolute atomic E-state index is 0.280. The lowest BCUT2D eigenvalue weighted by Gasteiger charge is -1.93. The van der Waals surface area contributed by atoms with E-state index >= 15 is 0 Å². The molecule has 0 aromatic carbocycles. The summed E-state index contributed by atoms with van der Waals surface area (Å²) in [5, 5.41) is 12.5. The number of hydrogen-bond acceptors (Lipinski definition) is 4. The highest BCUT2D eigenvalue weighted by molar-refractivity contribution is 5.71. The number of fused-ring (bicyclic) bond motifs is 1. The summed E-state index contributed by atoms with van der Waals surface area (Å²) in [5.74, 6) is 0. The molecule has 0 aliphatic heterocycles. The second kappa shape index (κ2) is 2.68. The van der Waals surface area contributed by atoms with E-state index in [9.17, 15) is 4.79 Å². The van der Waals surface area contributed by atoms with Gasteiger partial charge in [-0.1, -0.05) is 0 Å². The monoisotopic (exact) mass is 172 g/mol. The van der Waals surface area contributed by atoms with E-state index in [1.165, 1.54) is 10.7 Å². The van der Waals surface area contributed by atoms with Crippen molar-refractivity contribution in [3.05, 3.63) is 29.7 Å². The van der Waals surface area contributed by atoms with Crippen molar-refractivity contribution in [3.63, 3.8) is 0 Å². The van der Waals surface area contributed by atoms with Crippen molar-refractivity contribution in [3.8, 4) is 6.07 Å². The Morgan fingerprint density at radius 1 is 1.54 bits per heavy atom. The van der Waals surface area contributed by atoms with Crippen LogP contribution in [0.15, 0.2) is 18.3 Å². The molecule has 62 valence electrons. The summed E-state index contributed by atoms with van der Waals surface area (Å²) in [6.07, 6.45) is 2.04. The molecular weight excluding hydrogens is 168 g/mol. The van der Waals surface area contributed by atoms with Crippen molar-refractivity contribution < 1.29 is 4.79 Å². The van der Waals surface area contributed by atoms with E-state index in [4.69, 9.17) is 5.26 Å². The second-order valence-corrected chi connectivity index (χ2v) is 2.40. The smallest absolute Gasteiger partial charge is 0.170 e. The first-order valence-corrected chi connectivity index (χ1v) is 3.55. The molecule has 0 amide bonds. The van der Waals surface area contributed by atoms with Gasteiger partial charge in [-0.15, -0.1) is 0 Å². The van der Waals surface area contributed by atoms with E-state index in [0.717, 1.165) is 0 Å². The number of rotatable bonds is 1. The molecular formula is C8H4N4O. The van der Waals surface area contributed by atoms with Gasteiger partial charge < -0.3 is 0 Å². The fraction of sp³-hybridized carbons (Fsp3) is 0. The average Bonchev–Trinajstić information content (AvgIpc) is 2.59. The van der Waals surface area contributed by atoms with Crippen LogP contribution in [0.4, 0.5) is 0 Å². The zero-order valence-corrected chi connectivity index (χ0v) is 6.51. The van der Waals surface area contributed by atoms with Crippen LogP contribution in [-0.2, 0) is 0 Å². The number of nitriles is 1. The van der Waals surface area contributed by atoms with Gasteiger partial charge in [-0.2, -0.15) is 10.4 Å².